The van der Waals surface area contributed by atoms with Crippen LogP contribution in [0.5, 0.6) is 5.75 Å². The predicted octanol–water partition coefficient (Wildman–Crippen LogP) is 3.88. The van der Waals surface area contributed by atoms with Crippen molar-refractivity contribution in [2.75, 3.05) is 13.2 Å². The highest BCUT2D eigenvalue weighted by Gasteiger charge is 2.55. The van der Waals surface area contributed by atoms with Crippen LogP contribution in [0.1, 0.15) is 29.5 Å². The SMILES string of the molecule is O=C1[C@H](Cc2ccc(O)cc2)N2C(=O)[C@@H](CCO)N(C(=O)CCc3ccccc3)[C@H]2CN1Cc1cccc2ccccc12. The highest BCUT2D eigenvalue weighted by atomic mass is 16.3. The summed E-state index contributed by atoms with van der Waals surface area (Å²) in [6, 6.07) is 28.7. The summed E-state index contributed by atoms with van der Waals surface area (Å²) < 4.78 is 0. The largest absolute Gasteiger partial charge is 0.508 e. The first kappa shape index (κ1) is 28.4. The summed E-state index contributed by atoms with van der Waals surface area (Å²) in [5.41, 5.74) is 2.81. The molecule has 3 amide bonds. The Bertz CT molecular complexity index is 1620. The van der Waals surface area contributed by atoms with Crippen LogP contribution in [-0.4, -0.2) is 74.0 Å². The van der Waals surface area contributed by atoms with Gasteiger partial charge in [0.1, 0.15) is 24.0 Å². The Kier molecular flexibility index (Phi) is 8.11. The maximum absolute atomic E-state index is 14.2. The van der Waals surface area contributed by atoms with Gasteiger partial charge in [-0.2, -0.15) is 0 Å². The molecule has 43 heavy (non-hydrogen) atoms. The number of carbonyl (C=O) groups excluding carboxylic acids is 3. The van der Waals surface area contributed by atoms with Crippen molar-refractivity contribution in [1.82, 2.24) is 14.7 Å². The zero-order chi connectivity index (χ0) is 29.9. The third kappa shape index (κ3) is 5.70. The highest BCUT2D eigenvalue weighted by Crippen LogP contribution is 2.34. The van der Waals surface area contributed by atoms with Crippen LogP contribution in [0.2, 0.25) is 0 Å². The Morgan fingerprint density at radius 1 is 0.791 bits per heavy atom. The third-order valence-corrected chi connectivity index (χ3v) is 8.60. The quantitative estimate of drug-likeness (QED) is 0.315. The number of piperazine rings is 1. The van der Waals surface area contributed by atoms with Gasteiger partial charge in [-0.1, -0.05) is 84.9 Å². The van der Waals surface area contributed by atoms with E-state index >= 15 is 0 Å². The lowest BCUT2D eigenvalue weighted by molar-refractivity contribution is -0.156. The van der Waals surface area contributed by atoms with Gasteiger partial charge in [0.05, 0.1) is 6.54 Å². The number of phenols is 1. The molecule has 0 spiro atoms. The number of benzene rings is 4. The van der Waals surface area contributed by atoms with Crippen molar-refractivity contribution < 1.29 is 24.6 Å². The number of hydrogen-bond donors (Lipinski definition) is 2. The molecule has 220 valence electrons. The van der Waals surface area contributed by atoms with E-state index in [2.05, 4.69) is 0 Å². The van der Waals surface area contributed by atoms with Crippen LogP contribution in [0, 0.1) is 0 Å². The van der Waals surface area contributed by atoms with E-state index in [1.807, 2.05) is 72.8 Å². The topological polar surface area (TPSA) is 101 Å². The van der Waals surface area contributed by atoms with Crippen molar-refractivity contribution in [2.45, 2.75) is 50.5 Å². The fourth-order valence-electron chi connectivity index (χ4n) is 6.50. The van der Waals surface area contributed by atoms with E-state index < -0.39 is 18.2 Å². The Morgan fingerprint density at radius 3 is 2.28 bits per heavy atom. The minimum absolute atomic E-state index is 0.104. The highest BCUT2D eigenvalue weighted by molar-refractivity contribution is 5.97. The third-order valence-electron chi connectivity index (χ3n) is 8.60. The van der Waals surface area contributed by atoms with Gasteiger partial charge in [0.2, 0.25) is 17.7 Å². The second-order valence-corrected chi connectivity index (χ2v) is 11.3. The van der Waals surface area contributed by atoms with Gasteiger partial charge in [-0.15, -0.1) is 0 Å². The molecule has 0 radical (unpaired) electrons. The van der Waals surface area contributed by atoms with Gasteiger partial charge in [0, 0.05) is 26.0 Å². The van der Waals surface area contributed by atoms with E-state index in [0.29, 0.717) is 13.0 Å². The zero-order valence-electron chi connectivity index (χ0n) is 23.9. The fourth-order valence-corrected chi connectivity index (χ4v) is 6.50. The lowest BCUT2D eigenvalue weighted by Crippen LogP contribution is -2.64. The van der Waals surface area contributed by atoms with E-state index in [1.165, 1.54) is 0 Å². The molecule has 2 N–H and O–H groups in total. The van der Waals surface area contributed by atoms with Gasteiger partial charge in [-0.05, 0) is 52.4 Å². The van der Waals surface area contributed by atoms with Crippen LogP contribution in [-0.2, 0) is 33.8 Å². The van der Waals surface area contributed by atoms with E-state index in [1.54, 1.807) is 39.0 Å². The van der Waals surface area contributed by atoms with Crippen molar-refractivity contribution in [3.63, 3.8) is 0 Å². The molecule has 3 atom stereocenters. The summed E-state index contributed by atoms with van der Waals surface area (Å²) in [7, 11) is 0. The molecule has 6 rings (SSSR count). The van der Waals surface area contributed by atoms with Crippen molar-refractivity contribution in [1.29, 1.82) is 0 Å². The molecule has 2 fully saturated rings. The van der Waals surface area contributed by atoms with Gasteiger partial charge in [0.25, 0.3) is 0 Å². The Labute approximate surface area is 250 Å². The molecular formula is C35H35N3O5. The molecule has 2 aliphatic rings. The molecule has 0 saturated carbocycles. The number of rotatable bonds is 9. The average Bonchev–Trinajstić information content (AvgIpc) is 3.30. The molecular weight excluding hydrogens is 542 g/mol. The molecule has 4 aromatic rings. The van der Waals surface area contributed by atoms with Crippen molar-refractivity contribution in [3.05, 3.63) is 114 Å². The second-order valence-electron chi connectivity index (χ2n) is 11.3. The molecule has 8 nitrogen and oxygen atoms in total. The lowest BCUT2D eigenvalue weighted by Gasteiger charge is -2.44. The number of phenolic OH excluding ortho intramolecular Hbond substituents is 1. The molecule has 2 aliphatic heterocycles. The summed E-state index contributed by atoms with van der Waals surface area (Å²) in [6.07, 6.45) is 0.432. The maximum Gasteiger partial charge on any atom is 0.247 e. The van der Waals surface area contributed by atoms with Crippen molar-refractivity contribution >= 4 is 28.5 Å². The van der Waals surface area contributed by atoms with E-state index in [9.17, 15) is 24.6 Å². The number of aromatic hydroxyl groups is 1. The van der Waals surface area contributed by atoms with Crippen molar-refractivity contribution in [3.8, 4) is 5.75 Å². The Balaban J connectivity index is 1.35. The van der Waals surface area contributed by atoms with Gasteiger partial charge in [-0.3, -0.25) is 14.4 Å². The number of amides is 3. The minimum Gasteiger partial charge on any atom is -0.508 e. The molecule has 2 heterocycles. The Hall–Kier alpha value is -4.69. The van der Waals surface area contributed by atoms with E-state index in [0.717, 1.165) is 27.5 Å². The van der Waals surface area contributed by atoms with Crippen LogP contribution in [0.4, 0.5) is 0 Å². The summed E-state index contributed by atoms with van der Waals surface area (Å²) in [5.74, 6) is -0.559. The number of hydrogen-bond acceptors (Lipinski definition) is 5. The number of aliphatic hydroxyl groups excluding tert-OH is 1. The fraction of sp³-hybridized carbons (Fsp3) is 0.286. The first-order valence-electron chi connectivity index (χ1n) is 14.8. The van der Waals surface area contributed by atoms with Gasteiger partial charge in [-0.25, -0.2) is 0 Å². The average molecular weight is 578 g/mol. The lowest BCUT2D eigenvalue weighted by atomic mass is 9.98. The van der Waals surface area contributed by atoms with Crippen LogP contribution >= 0.6 is 0 Å². The van der Waals surface area contributed by atoms with Crippen LogP contribution in [0.3, 0.4) is 0 Å². The van der Waals surface area contributed by atoms with E-state index in [-0.39, 0.29) is 55.9 Å². The first-order chi connectivity index (χ1) is 20.9. The van der Waals surface area contributed by atoms with Gasteiger partial charge in [0.15, 0.2) is 0 Å². The Morgan fingerprint density at radius 2 is 1.51 bits per heavy atom. The predicted molar refractivity (Wildman–Crippen MR) is 163 cm³/mol. The summed E-state index contributed by atoms with van der Waals surface area (Å²) in [5, 5.41) is 21.8. The molecule has 2 saturated heterocycles. The summed E-state index contributed by atoms with van der Waals surface area (Å²) in [4.78, 5) is 47.0. The summed E-state index contributed by atoms with van der Waals surface area (Å²) >= 11 is 0. The number of aliphatic hydroxyl groups is 1. The van der Waals surface area contributed by atoms with Gasteiger partial charge >= 0.3 is 0 Å². The monoisotopic (exact) mass is 577 g/mol. The molecule has 0 aromatic heterocycles. The molecule has 4 aromatic carbocycles. The zero-order valence-corrected chi connectivity index (χ0v) is 23.9. The van der Waals surface area contributed by atoms with E-state index in [4.69, 9.17) is 0 Å². The standard InChI is InChI=1S/C35H35N3O5/c39-20-19-30-35(43)38-31(21-25-13-16-28(40)17-14-25)34(42)36(22-27-11-6-10-26-9-4-5-12-29(26)27)23-32(38)37(30)33(41)18-15-24-7-2-1-3-8-24/h1-14,16-17,30-32,39-40H,15,18-23H2/t30-,31+,32-/m1/s1. The summed E-state index contributed by atoms with van der Waals surface area (Å²) in [6.45, 7) is 0.260. The molecule has 8 heteroatoms. The van der Waals surface area contributed by atoms with Crippen LogP contribution < -0.4 is 0 Å². The van der Waals surface area contributed by atoms with Crippen LogP contribution in [0.25, 0.3) is 10.8 Å². The normalized spacial score (nSPS) is 20.1. The number of carbonyl (C=O) groups is 3. The molecule has 0 unspecified atom stereocenters. The molecule has 0 aliphatic carbocycles. The maximum atomic E-state index is 14.2. The minimum atomic E-state index is -0.842. The van der Waals surface area contributed by atoms with Gasteiger partial charge < -0.3 is 24.9 Å². The number of nitrogens with zero attached hydrogens (tertiary/aromatic N) is 3. The number of fused-ring (bicyclic) bond motifs is 2. The molecule has 0 bridgehead atoms. The smallest absolute Gasteiger partial charge is 0.247 e. The van der Waals surface area contributed by atoms with Crippen molar-refractivity contribution in [2.24, 2.45) is 0 Å². The number of aryl methyl sites for hydroxylation is 1. The van der Waals surface area contributed by atoms with Crippen LogP contribution in [0.15, 0.2) is 97.1 Å². The first-order valence-corrected chi connectivity index (χ1v) is 14.8. The second kappa shape index (κ2) is 12.3.